The first-order chi connectivity index (χ1) is 7.50. The standard InChI is InChI=1S/C13H21FN2/c1-10-5-6-13(14)12(7-10)9-15-8-11(2)16(3)4/h5-7,11,15H,8-9H2,1-4H3. The highest BCUT2D eigenvalue weighted by molar-refractivity contribution is 5.23. The van der Waals surface area contributed by atoms with Gasteiger partial charge in [-0.05, 0) is 34.0 Å². The van der Waals surface area contributed by atoms with Crippen molar-refractivity contribution in [2.75, 3.05) is 20.6 Å². The molecule has 0 aliphatic rings. The van der Waals surface area contributed by atoms with Crippen LogP contribution >= 0.6 is 0 Å². The van der Waals surface area contributed by atoms with Gasteiger partial charge in [0, 0.05) is 24.7 Å². The van der Waals surface area contributed by atoms with E-state index in [2.05, 4.69) is 17.1 Å². The van der Waals surface area contributed by atoms with Crippen molar-refractivity contribution in [3.05, 3.63) is 35.1 Å². The molecule has 16 heavy (non-hydrogen) atoms. The number of halogens is 1. The minimum Gasteiger partial charge on any atom is -0.311 e. The lowest BCUT2D eigenvalue weighted by atomic mass is 10.1. The van der Waals surface area contributed by atoms with E-state index in [1.165, 1.54) is 6.07 Å². The van der Waals surface area contributed by atoms with E-state index in [9.17, 15) is 4.39 Å². The van der Waals surface area contributed by atoms with Crippen molar-refractivity contribution < 1.29 is 4.39 Å². The Hall–Kier alpha value is -0.930. The fraction of sp³-hybridized carbons (Fsp3) is 0.538. The highest BCUT2D eigenvalue weighted by Crippen LogP contribution is 2.09. The Kier molecular flexibility index (Phi) is 4.90. The molecule has 0 saturated heterocycles. The zero-order chi connectivity index (χ0) is 12.1. The smallest absolute Gasteiger partial charge is 0.127 e. The van der Waals surface area contributed by atoms with E-state index in [0.717, 1.165) is 17.7 Å². The van der Waals surface area contributed by atoms with E-state index in [1.807, 2.05) is 27.1 Å². The van der Waals surface area contributed by atoms with Gasteiger partial charge in [-0.3, -0.25) is 0 Å². The van der Waals surface area contributed by atoms with Crippen LogP contribution in [0.4, 0.5) is 4.39 Å². The predicted molar refractivity (Wildman–Crippen MR) is 66.0 cm³/mol. The quantitative estimate of drug-likeness (QED) is 0.824. The molecule has 1 unspecified atom stereocenters. The Morgan fingerprint density at radius 3 is 2.69 bits per heavy atom. The molecule has 3 heteroatoms. The minimum absolute atomic E-state index is 0.129. The van der Waals surface area contributed by atoms with Crippen molar-refractivity contribution in [3.8, 4) is 0 Å². The van der Waals surface area contributed by atoms with Gasteiger partial charge in [0.1, 0.15) is 5.82 Å². The third kappa shape index (κ3) is 3.91. The Balaban J connectivity index is 2.45. The molecule has 1 aromatic carbocycles. The summed E-state index contributed by atoms with van der Waals surface area (Å²) in [4.78, 5) is 2.14. The van der Waals surface area contributed by atoms with Crippen LogP contribution in [0, 0.1) is 12.7 Å². The van der Waals surface area contributed by atoms with Crippen molar-refractivity contribution >= 4 is 0 Å². The van der Waals surface area contributed by atoms with Crippen LogP contribution in [0.2, 0.25) is 0 Å². The Bertz CT molecular complexity index is 337. The van der Waals surface area contributed by atoms with Gasteiger partial charge in [0.2, 0.25) is 0 Å². The molecule has 0 aromatic heterocycles. The number of rotatable bonds is 5. The highest BCUT2D eigenvalue weighted by Gasteiger charge is 2.05. The van der Waals surface area contributed by atoms with Crippen molar-refractivity contribution in [1.29, 1.82) is 0 Å². The third-order valence-electron chi connectivity index (χ3n) is 2.84. The van der Waals surface area contributed by atoms with Gasteiger partial charge >= 0.3 is 0 Å². The summed E-state index contributed by atoms with van der Waals surface area (Å²) in [6, 6.07) is 5.67. The van der Waals surface area contributed by atoms with E-state index in [0.29, 0.717) is 12.6 Å². The van der Waals surface area contributed by atoms with E-state index in [4.69, 9.17) is 0 Å². The SMILES string of the molecule is Cc1ccc(F)c(CNCC(C)N(C)C)c1. The molecule has 0 bridgehead atoms. The molecular formula is C13H21FN2. The minimum atomic E-state index is -0.129. The zero-order valence-corrected chi connectivity index (χ0v) is 10.5. The van der Waals surface area contributed by atoms with Crippen molar-refractivity contribution in [2.45, 2.75) is 26.4 Å². The van der Waals surface area contributed by atoms with Gasteiger partial charge in [0.05, 0.1) is 0 Å². The van der Waals surface area contributed by atoms with Crippen LogP contribution in [0.15, 0.2) is 18.2 Å². The molecule has 1 N–H and O–H groups in total. The highest BCUT2D eigenvalue weighted by atomic mass is 19.1. The van der Waals surface area contributed by atoms with Crippen LogP contribution in [0.1, 0.15) is 18.1 Å². The van der Waals surface area contributed by atoms with Gasteiger partial charge in [-0.25, -0.2) is 4.39 Å². The van der Waals surface area contributed by atoms with E-state index >= 15 is 0 Å². The van der Waals surface area contributed by atoms with Crippen LogP contribution in [-0.2, 0) is 6.54 Å². The lowest BCUT2D eigenvalue weighted by Crippen LogP contribution is -2.35. The second-order valence-corrected chi connectivity index (χ2v) is 4.54. The largest absolute Gasteiger partial charge is 0.311 e. The normalized spacial score (nSPS) is 13.1. The molecule has 0 amide bonds. The molecule has 0 spiro atoms. The first-order valence-electron chi connectivity index (χ1n) is 5.63. The fourth-order valence-electron chi connectivity index (χ4n) is 1.44. The molecule has 1 rings (SSSR count). The number of nitrogens with zero attached hydrogens (tertiary/aromatic N) is 1. The number of aryl methyl sites for hydroxylation is 1. The number of nitrogens with one attached hydrogen (secondary N) is 1. The zero-order valence-electron chi connectivity index (χ0n) is 10.5. The van der Waals surface area contributed by atoms with Crippen molar-refractivity contribution in [2.24, 2.45) is 0 Å². The molecule has 0 radical (unpaired) electrons. The summed E-state index contributed by atoms with van der Waals surface area (Å²) in [7, 11) is 4.08. The molecule has 1 atom stereocenters. The van der Waals surface area contributed by atoms with Gasteiger partial charge in [-0.2, -0.15) is 0 Å². The van der Waals surface area contributed by atoms with Gasteiger partial charge in [-0.15, -0.1) is 0 Å². The maximum atomic E-state index is 13.4. The summed E-state index contributed by atoms with van der Waals surface area (Å²) in [5, 5.41) is 3.27. The average Bonchev–Trinajstić information content (AvgIpc) is 2.22. The van der Waals surface area contributed by atoms with Crippen LogP contribution in [0.5, 0.6) is 0 Å². The molecule has 0 heterocycles. The van der Waals surface area contributed by atoms with Gasteiger partial charge in [-0.1, -0.05) is 17.7 Å². The molecule has 0 saturated carbocycles. The molecular weight excluding hydrogens is 203 g/mol. The van der Waals surface area contributed by atoms with Crippen LogP contribution in [0.25, 0.3) is 0 Å². The average molecular weight is 224 g/mol. The summed E-state index contributed by atoms with van der Waals surface area (Å²) in [6.07, 6.45) is 0. The summed E-state index contributed by atoms with van der Waals surface area (Å²) in [5.74, 6) is -0.129. The molecule has 2 nitrogen and oxygen atoms in total. The summed E-state index contributed by atoms with van der Waals surface area (Å²) < 4.78 is 13.4. The number of hydrogen-bond donors (Lipinski definition) is 1. The second-order valence-electron chi connectivity index (χ2n) is 4.54. The Morgan fingerprint density at radius 1 is 1.38 bits per heavy atom. The Morgan fingerprint density at radius 2 is 2.06 bits per heavy atom. The summed E-state index contributed by atoms with van der Waals surface area (Å²) >= 11 is 0. The maximum absolute atomic E-state index is 13.4. The number of hydrogen-bond acceptors (Lipinski definition) is 2. The van der Waals surface area contributed by atoms with Gasteiger partial charge in [0.15, 0.2) is 0 Å². The Labute approximate surface area is 97.5 Å². The van der Waals surface area contributed by atoms with E-state index in [-0.39, 0.29) is 5.82 Å². The maximum Gasteiger partial charge on any atom is 0.127 e. The van der Waals surface area contributed by atoms with Crippen LogP contribution in [-0.4, -0.2) is 31.6 Å². The van der Waals surface area contributed by atoms with Crippen molar-refractivity contribution in [3.63, 3.8) is 0 Å². The lowest BCUT2D eigenvalue weighted by Gasteiger charge is -2.20. The number of likely N-dealkylation sites (N-methyl/N-ethyl adjacent to an activating group) is 1. The number of benzene rings is 1. The van der Waals surface area contributed by atoms with Crippen LogP contribution in [0.3, 0.4) is 0 Å². The topological polar surface area (TPSA) is 15.3 Å². The van der Waals surface area contributed by atoms with E-state index < -0.39 is 0 Å². The van der Waals surface area contributed by atoms with Crippen LogP contribution < -0.4 is 5.32 Å². The second kappa shape index (κ2) is 5.97. The molecule has 1 aromatic rings. The first-order valence-corrected chi connectivity index (χ1v) is 5.63. The molecule has 0 aliphatic carbocycles. The molecule has 90 valence electrons. The van der Waals surface area contributed by atoms with Gasteiger partial charge < -0.3 is 10.2 Å². The first kappa shape index (κ1) is 13.1. The fourth-order valence-corrected chi connectivity index (χ4v) is 1.44. The molecule has 0 fully saturated rings. The lowest BCUT2D eigenvalue weighted by molar-refractivity contribution is 0.302. The summed E-state index contributed by atoms with van der Waals surface area (Å²) in [5.41, 5.74) is 1.84. The third-order valence-corrected chi connectivity index (χ3v) is 2.84. The van der Waals surface area contributed by atoms with Gasteiger partial charge in [0.25, 0.3) is 0 Å². The van der Waals surface area contributed by atoms with E-state index in [1.54, 1.807) is 6.07 Å². The predicted octanol–water partition coefficient (Wildman–Crippen LogP) is 2.17. The summed E-state index contributed by atoms with van der Waals surface area (Å²) in [6.45, 7) is 5.57. The monoisotopic (exact) mass is 224 g/mol. The molecule has 0 aliphatic heterocycles. The van der Waals surface area contributed by atoms with Crippen molar-refractivity contribution in [1.82, 2.24) is 10.2 Å².